The maximum absolute atomic E-state index is 12.9. The Morgan fingerprint density at radius 2 is 1.44 bits per heavy atom. The molecule has 3 aromatic rings. The lowest BCUT2D eigenvalue weighted by atomic mass is 10.0. The van der Waals surface area contributed by atoms with E-state index in [-0.39, 0.29) is 11.9 Å². The highest BCUT2D eigenvalue weighted by atomic mass is 16.5. The first-order valence-electron chi connectivity index (χ1n) is 11.2. The van der Waals surface area contributed by atoms with E-state index >= 15 is 0 Å². The number of amides is 1. The summed E-state index contributed by atoms with van der Waals surface area (Å²) < 4.78 is 11.5. The van der Waals surface area contributed by atoms with Gasteiger partial charge in [-0.15, -0.1) is 0 Å². The molecule has 3 aromatic carbocycles. The minimum absolute atomic E-state index is 0.0777. The van der Waals surface area contributed by atoms with E-state index in [1.54, 1.807) is 0 Å². The maximum atomic E-state index is 12.9. The van der Waals surface area contributed by atoms with Crippen LogP contribution in [0.1, 0.15) is 28.8 Å². The van der Waals surface area contributed by atoms with Crippen LogP contribution < -0.4 is 14.8 Å². The van der Waals surface area contributed by atoms with Crippen LogP contribution in [-0.4, -0.2) is 43.2 Å². The molecule has 1 saturated heterocycles. The highest BCUT2D eigenvalue weighted by molar-refractivity contribution is 5.97. The van der Waals surface area contributed by atoms with Crippen molar-refractivity contribution >= 4 is 5.91 Å². The molecular formula is C27H30N2O3. The molecule has 0 saturated carbocycles. The van der Waals surface area contributed by atoms with Gasteiger partial charge in [-0.25, -0.2) is 0 Å². The monoisotopic (exact) mass is 430 g/mol. The summed E-state index contributed by atoms with van der Waals surface area (Å²) in [5.74, 6) is 1.31. The molecule has 0 aromatic heterocycles. The number of nitrogens with zero attached hydrogens (tertiary/aromatic N) is 1. The van der Waals surface area contributed by atoms with Crippen LogP contribution in [0.3, 0.4) is 0 Å². The van der Waals surface area contributed by atoms with Crippen LogP contribution in [0.25, 0.3) is 0 Å². The largest absolute Gasteiger partial charge is 0.490 e. The molecule has 5 nitrogen and oxygen atoms in total. The lowest BCUT2D eigenvalue weighted by Crippen LogP contribution is -2.44. The maximum Gasteiger partial charge on any atom is 0.255 e. The highest BCUT2D eigenvalue weighted by Crippen LogP contribution is 2.20. The number of carbonyl (C=O) groups excluding carboxylic acids is 1. The number of piperidine rings is 1. The van der Waals surface area contributed by atoms with Crippen LogP contribution >= 0.6 is 0 Å². The van der Waals surface area contributed by atoms with Crippen molar-refractivity contribution in [2.45, 2.75) is 25.4 Å². The van der Waals surface area contributed by atoms with Crippen molar-refractivity contribution in [2.24, 2.45) is 0 Å². The van der Waals surface area contributed by atoms with E-state index in [0.29, 0.717) is 24.5 Å². The number of carbonyl (C=O) groups is 1. The van der Waals surface area contributed by atoms with Gasteiger partial charge < -0.3 is 14.8 Å². The quantitative estimate of drug-likeness (QED) is 0.507. The van der Waals surface area contributed by atoms with Crippen molar-refractivity contribution in [2.75, 3.05) is 26.3 Å². The number of benzene rings is 3. The summed E-state index contributed by atoms with van der Waals surface area (Å²) in [5, 5.41) is 3.20. The summed E-state index contributed by atoms with van der Waals surface area (Å²) in [4.78, 5) is 15.4. The normalized spacial score (nSPS) is 14.6. The van der Waals surface area contributed by atoms with Crippen LogP contribution in [0, 0.1) is 0 Å². The van der Waals surface area contributed by atoms with Crippen LogP contribution in [0.15, 0.2) is 84.9 Å². The molecule has 0 aliphatic carbocycles. The first-order chi connectivity index (χ1) is 15.8. The molecule has 1 fully saturated rings. The molecule has 32 heavy (non-hydrogen) atoms. The van der Waals surface area contributed by atoms with Gasteiger partial charge in [-0.3, -0.25) is 9.69 Å². The van der Waals surface area contributed by atoms with E-state index in [9.17, 15) is 4.79 Å². The third kappa shape index (κ3) is 6.34. The Balaban J connectivity index is 1.24. The molecule has 0 bridgehead atoms. The highest BCUT2D eigenvalue weighted by Gasteiger charge is 2.22. The fourth-order valence-electron chi connectivity index (χ4n) is 3.95. The summed E-state index contributed by atoms with van der Waals surface area (Å²) in [6, 6.07) is 27.7. The number of ether oxygens (including phenoxy) is 2. The molecule has 5 heteroatoms. The number of rotatable bonds is 9. The molecule has 1 aliphatic rings. The number of hydrogen-bond acceptors (Lipinski definition) is 4. The van der Waals surface area contributed by atoms with E-state index in [1.807, 2.05) is 60.7 Å². The van der Waals surface area contributed by atoms with Gasteiger partial charge in [-0.2, -0.15) is 0 Å². The van der Waals surface area contributed by atoms with Gasteiger partial charge in [0.05, 0.1) is 5.56 Å². The Morgan fingerprint density at radius 1 is 0.812 bits per heavy atom. The van der Waals surface area contributed by atoms with Gasteiger partial charge in [0.25, 0.3) is 5.91 Å². The van der Waals surface area contributed by atoms with Gasteiger partial charge in [0.2, 0.25) is 0 Å². The van der Waals surface area contributed by atoms with Crippen molar-refractivity contribution in [3.05, 3.63) is 96.1 Å². The Labute approximate surface area is 190 Å². The van der Waals surface area contributed by atoms with Crippen molar-refractivity contribution in [1.29, 1.82) is 0 Å². The Morgan fingerprint density at radius 3 is 2.19 bits per heavy atom. The lowest BCUT2D eigenvalue weighted by Gasteiger charge is -2.32. The molecular weight excluding hydrogens is 400 g/mol. The fourth-order valence-corrected chi connectivity index (χ4v) is 3.95. The Kier molecular flexibility index (Phi) is 7.77. The second-order valence-corrected chi connectivity index (χ2v) is 8.02. The summed E-state index contributed by atoms with van der Waals surface area (Å²) >= 11 is 0. The second kappa shape index (κ2) is 11.3. The minimum atomic E-state index is -0.0777. The van der Waals surface area contributed by atoms with E-state index < -0.39 is 0 Å². The molecule has 1 aliphatic heterocycles. The van der Waals surface area contributed by atoms with Crippen LogP contribution in [0.4, 0.5) is 0 Å². The SMILES string of the molecule is O=C(NC1CCN(Cc2ccccc2)CC1)c1ccccc1OCCOc1ccccc1. The van der Waals surface area contributed by atoms with Crippen LogP contribution in [-0.2, 0) is 6.54 Å². The van der Waals surface area contributed by atoms with Crippen LogP contribution in [0.2, 0.25) is 0 Å². The zero-order chi connectivity index (χ0) is 22.0. The molecule has 166 valence electrons. The summed E-state index contributed by atoms with van der Waals surface area (Å²) in [7, 11) is 0. The zero-order valence-corrected chi connectivity index (χ0v) is 18.3. The summed E-state index contributed by atoms with van der Waals surface area (Å²) in [6.45, 7) is 3.71. The number of likely N-dealkylation sites (tertiary alicyclic amines) is 1. The number of nitrogens with one attached hydrogen (secondary N) is 1. The molecule has 0 atom stereocenters. The molecule has 0 spiro atoms. The summed E-state index contributed by atoms with van der Waals surface area (Å²) in [5.41, 5.74) is 1.90. The molecule has 1 amide bonds. The van der Waals surface area contributed by atoms with Crippen molar-refractivity contribution < 1.29 is 14.3 Å². The topological polar surface area (TPSA) is 50.8 Å². The second-order valence-electron chi connectivity index (χ2n) is 8.02. The molecule has 4 rings (SSSR count). The predicted octanol–water partition coefficient (Wildman–Crippen LogP) is 4.54. The fraction of sp³-hybridized carbons (Fsp3) is 0.296. The van der Waals surface area contributed by atoms with E-state index in [4.69, 9.17) is 9.47 Å². The number of para-hydroxylation sites is 2. The smallest absolute Gasteiger partial charge is 0.255 e. The van der Waals surface area contributed by atoms with Crippen molar-refractivity contribution in [1.82, 2.24) is 10.2 Å². The third-order valence-electron chi connectivity index (χ3n) is 5.66. The predicted molar refractivity (Wildman–Crippen MR) is 126 cm³/mol. The van der Waals surface area contributed by atoms with Gasteiger partial charge in [0, 0.05) is 25.7 Å². The van der Waals surface area contributed by atoms with E-state index in [0.717, 1.165) is 38.2 Å². The standard InChI is InChI=1S/C27H30N2O3/c30-27(28-23-15-17-29(18-16-23)21-22-9-3-1-4-10-22)25-13-7-8-14-26(25)32-20-19-31-24-11-5-2-6-12-24/h1-14,23H,15-21H2,(H,28,30). The molecule has 0 radical (unpaired) electrons. The van der Waals surface area contributed by atoms with Gasteiger partial charge in [0.1, 0.15) is 24.7 Å². The van der Waals surface area contributed by atoms with Gasteiger partial charge in [0.15, 0.2) is 0 Å². The third-order valence-corrected chi connectivity index (χ3v) is 5.66. The van der Waals surface area contributed by atoms with Gasteiger partial charge >= 0.3 is 0 Å². The lowest BCUT2D eigenvalue weighted by molar-refractivity contribution is 0.0903. The first-order valence-corrected chi connectivity index (χ1v) is 11.2. The number of hydrogen-bond donors (Lipinski definition) is 1. The van der Waals surface area contributed by atoms with Crippen LogP contribution in [0.5, 0.6) is 11.5 Å². The average Bonchev–Trinajstić information content (AvgIpc) is 2.85. The molecule has 1 N–H and O–H groups in total. The van der Waals surface area contributed by atoms with Crippen molar-refractivity contribution in [3.8, 4) is 11.5 Å². The van der Waals surface area contributed by atoms with Crippen molar-refractivity contribution in [3.63, 3.8) is 0 Å². The first kappa shape index (κ1) is 21.9. The van der Waals surface area contributed by atoms with Gasteiger partial charge in [-0.1, -0.05) is 60.7 Å². The minimum Gasteiger partial charge on any atom is -0.490 e. The Hall–Kier alpha value is -3.31. The average molecular weight is 431 g/mol. The molecule has 1 heterocycles. The van der Waals surface area contributed by atoms with Gasteiger partial charge in [-0.05, 0) is 42.7 Å². The van der Waals surface area contributed by atoms with E-state index in [1.165, 1.54) is 5.56 Å². The molecule has 0 unspecified atom stereocenters. The Bertz CT molecular complexity index is 970. The van der Waals surface area contributed by atoms with E-state index in [2.05, 4.69) is 34.5 Å². The summed E-state index contributed by atoms with van der Waals surface area (Å²) in [6.07, 6.45) is 1.90. The zero-order valence-electron chi connectivity index (χ0n) is 18.3.